The molecule has 5 nitrogen and oxygen atoms in total. The van der Waals surface area contributed by atoms with Crippen LogP contribution in [0.2, 0.25) is 0 Å². The second-order valence-electron chi connectivity index (χ2n) is 6.02. The smallest absolute Gasteiger partial charge is 0.123 e. The van der Waals surface area contributed by atoms with E-state index in [0.717, 1.165) is 11.4 Å². The zero-order chi connectivity index (χ0) is 14.7. The van der Waals surface area contributed by atoms with Gasteiger partial charge >= 0.3 is 0 Å². The molecule has 0 spiro atoms. The summed E-state index contributed by atoms with van der Waals surface area (Å²) in [5, 5.41) is 11.4. The minimum absolute atomic E-state index is 0.476. The fourth-order valence-corrected chi connectivity index (χ4v) is 3.09. The monoisotopic (exact) mass is 285 g/mol. The van der Waals surface area contributed by atoms with Crippen molar-refractivity contribution < 1.29 is 0 Å². The third-order valence-electron chi connectivity index (χ3n) is 4.33. The van der Waals surface area contributed by atoms with Gasteiger partial charge in [0.25, 0.3) is 0 Å². The van der Waals surface area contributed by atoms with Gasteiger partial charge in [-0.05, 0) is 57.5 Å². The van der Waals surface area contributed by atoms with Crippen LogP contribution in [0.5, 0.6) is 0 Å². The third kappa shape index (κ3) is 3.42. The lowest BCUT2D eigenvalue weighted by molar-refractivity contribution is 0.197. The third-order valence-corrected chi connectivity index (χ3v) is 4.33. The average Bonchev–Trinajstić information content (AvgIpc) is 3.02. The van der Waals surface area contributed by atoms with Crippen molar-refractivity contribution in [1.82, 2.24) is 19.7 Å². The van der Waals surface area contributed by atoms with Crippen LogP contribution in [-0.2, 0) is 0 Å². The Morgan fingerprint density at radius 2 is 2.10 bits per heavy atom. The highest BCUT2D eigenvalue weighted by molar-refractivity contribution is 5.51. The van der Waals surface area contributed by atoms with E-state index in [1.807, 2.05) is 4.57 Å². The molecule has 1 aromatic carbocycles. The molecule has 112 valence electrons. The molecule has 1 aromatic heterocycles. The number of benzene rings is 1. The molecule has 0 bridgehead atoms. The molecular formula is C16H23N5. The van der Waals surface area contributed by atoms with E-state index in [2.05, 4.69) is 58.7 Å². The summed E-state index contributed by atoms with van der Waals surface area (Å²) in [7, 11) is 2.21. The van der Waals surface area contributed by atoms with Gasteiger partial charge in [0.2, 0.25) is 0 Å². The summed E-state index contributed by atoms with van der Waals surface area (Å²) in [4.78, 5) is 2.43. The van der Waals surface area contributed by atoms with Crippen molar-refractivity contribution >= 4 is 5.69 Å². The van der Waals surface area contributed by atoms with Crippen LogP contribution in [0.3, 0.4) is 0 Å². The number of likely N-dealkylation sites (tertiary alicyclic amines) is 1. The zero-order valence-electron chi connectivity index (χ0n) is 12.7. The topological polar surface area (TPSA) is 46.0 Å². The maximum Gasteiger partial charge on any atom is 0.123 e. The Morgan fingerprint density at radius 1 is 1.29 bits per heavy atom. The van der Waals surface area contributed by atoms with Crippen molar-refractivity contribution in [2.45, 2.75) is 25.8 Å². The predicted molar refractivity (Wildman–Crippen MR) is 84.7 cm³/mol. The first-order valence-electron chi connectivity index (χ1n) is 7.62. The van der Waals surface area contributed by atoms with Crippen molar-refractivity contribution in [3.63, 3.8) is 0 Å². The number of hydrogen-bond donors (Lipinski definition) is 1. The number of nitrogens with one attached hydrogen (secondary N) is 1. The van der Waals surface area contributed by atoms with E-state index < -0.39 is 0 Å². The van der Waals surface area contributed by atoms with Crippen molar-refractivity contribution in [3.8, 4) is 5.69 Å². The van der Waals surface area contributed by atoms with E-state index in [0.29, 0.717) is 12.0 Å². The fourth-order valence-electron chi connectivity index (χ4n) is 3.09. The van der Waals surface area contributed by atoms with Gasteiger partial charge in [0, 0.05) is 18.3 Å². The van der Waals surface area contributed by atoms with Gasteiger partial charge in [0.1, 0.15) is 12.7 Å². The van der Waals surface area contributed by atoms with E-state index in [1.165, 1.54) is 25.9 Å². The first kappa shape index (κ1) is 14.1. The van der Waals surface area contributed by atoms with Gasteiger partial charge in [-0.15, -0.1) is 10.2 Å². The van der Waals surface area contributed by atoms with Crippen LogP contribution in [0.15, 0.2) is 36.9 Å². The maximum absolute atomic E-state index is 3.86. The van der Waals surface area contributed by atoms with Gasteiger partial charge in [-0.1, -0.05) is 6.07 Å². The molecule has 2 heterocycles. The van der Waals surface area contributed by atoms with Crippen molar-refractivity contribution in [2.24, 2.45) is 5.92 Å². The standard InChI is InChI=1S/C16H23N5/c1-13(14-5-4-8-20(2)10-14)19-15-6-3-7-16(9-15)21-11-17-18-12-21/h3,6-7,9,11-14,19H,4-5,8,10H2,1-2H3. The Kier molecular flexibility index (Phi) is 4.20. The van der Waals surface area contributed by atoms with Gasteiger partial charge < -0.3 is 10.2 Å². The fraction of sp³-hybridized carbons (Fsp3) is 0.500. The predicted octanol–water partition coefficient (Wildman–Crippen LogP) is 2.41. The summed E-state index contributed by atoms with van der Waals surface area (Å²) in [5.41, 5.74) is 2.24. The summed E-state index contributed by atoms with van der Waals surface area (Å²) < 4.78 is 1.92. The van der Waals surface area contributed by atoms with Crippen LogP contribution < -0.4 is 5.32 Å². The quantitative estimate of drug-likeness (QED) is 0.937. The van der Waals surface area contributed by atoms with Crippen molar-refractivity contribution in [3.05, 3.63) is 36.9 Å². The van der Waals surface area contributed by atoms with Crippen LogP contribution in [0.25, 0.3) is 5.69 Å². The summed E-state index contributed by atoms with van der Waals surface area (Å²) >= 11 is 0. The maximum atomic E-state index is 3.86. The van der Waals surface area contributed by atoms with Crippen molar-refractivity contribution in [2.75, 3.05) is 25.5 Å². The molecule has 0 radical (unpaired) electrons. The molecule has 2 atom stereocenters. The molecule has 1 aliphatic rings. The second-order valence-corrected chi connectivity index (χ2v) is 6.02. The van der Waals surface area contributed by atoms with Crippen LogP contribution in [0.4, 0.5) is 5.69 Å². The summed E-state index contributed by atoms with van der Waals surface area (Å²) in [6, 6.07) is 8.87. The van der Waals surface area contributed by atoms with Gasteiger partial charge in [0.15, 0.2) is 0 Å². The van der Waals surface area contributed by atoms with Gasteiger partial charge in [-0.2, -0.15) is 0 Å². The number of hydrogen-bond acceptors (Lipinski definition) is 4. The minimum atomic E-state index is 0.476. The van der Waals surface area contributed by atoms with Crippen LogP contribution >= 0.6 is 0 Å². The molecular weight excluding hydrogens is 262 g/mol. The molecule has 0 aliphatic carbocycles. The lowest BCUT2D eigenvalue weighted by atomic mass is 9.92. The SMILES string of the molecule is CC(Nc1cccc(-n2cnnc2)c1)C1CCCN(C)C1. The average molecular weight is 285 g/mol. The Balaban J connectivity index is 1.68. The van der Waals surface area contributed by atoms with E-state index in [4.69, 9.17) is 0 Å². The largest absolute Gasteiger partial charge is 0.382 e. The molecule has 21 heavy (non-hydrogen) atoms. The molecule has 3 rings (SSSR count). The second kappa shape index (κ2) is 6.26. The van der Waals surface area contributed by atoms with Gasteiger partial charge in [-0.25, -0.2) is 0 Å². The zero-order valence-corrected chi connectivity index (χ0v) is 12.7. The molecule has 0 amide bonds. The number of anilines is 1. The minimum Gasteiger partial charge on any atom is -0.382 e. The number of aromatic nitrogens is 3. The highest BCUT2D eigenvalue weighted by Crippen LogP contribution is 2.22. The molecule has 1 N–H and O–H groups in total. The number of rotatable bonds is 4. The Bertz CT molecular complexity index is 566. The Labute approximate surface area is 126 Å². The van der Waals surface area contributed by atoms with Gasteiger partial charge in [-0.3, -0.25) is 4.57 Å². The van der Waals surface area contributed by atoms with Gasteiger partial charge in [0.05, 0.1) is 5.69 Å². The van der Waals surface area contributed by atoms with Crippen LogP contribution in [0, 0.1) is 5.92 Å². The molecule has 1 aliphatic heterocycles. The molecule has 2 unspecified atom stereocenters. The molecule has 1 fully saturated rings. The molecule has 1 saturated heterocycles. The lowest BCUT2D eigenvalue weighted by Gasteiger charge is -2.34. The Morgan fingerprint density at radius 3 is 2.86 bits per heavy atom. The van der Waals surface area contributed by atoms with E-state index >= 15 is 0 Å². The normalized spacial score (nSPS) is 21.1. The lowest BCUT2D eigenvalue weighted by Crippen LogP contribution is -2.39. The first-order valence-corrected chi connectivity index (χ1v) is 7.62. The highest BCUT2D eigenvalue weighted by Gasteiger charge is 2.22. The highest BCUT2D eigenvalue weighted by atomic mass is 15.2. The van der Waals surface area contributed by atoms with Crippen molar-refractivity contribution in [1.29, 1.82) is 0 Å². The summed E-state index contributed by atoms with van der Waals surface area (Å²) in [6.07, 6.45) is 6.05. The molecule has 2 aromatic rings. The first-order chi connectivity index (χ1) is 10.2. The summed E-state index contributed by atoms with van der Waals surface area (Å²) in [5.74, 6) is 0.710. The van der Waals surface area contributed by atoms with Crippen LogP contribution in [0.1, 0.15) is 19.8 Å². The van der Waals surface area contributed by atoms with E-state index in [1.54, 1.807) is 12.7 Å². The van der Waals surface area contributed by atoms with Crippen LogP contribution in [-0.4, -0.2) is 45.8 Å². The number of nitrogens with zero attached hydrogens (tertiary/aromatic N) is 4. The summed E-state index contributed by atoms with van der Waals surface area (Å²) in [6.45, 7) is 4.70. The molecule has 0 saturated carbocycles. The molecule has 5 heteroatoms. The number of piperidine rings is 1. The van der Waals surface area contributed by atoms with E-state index in [9.17, 15) is 0 Å². The van der Waals surface area contributed by atoms with E-state index in [-0.39, 0.29) is 0 Å². The Hall–Kier alpha value is -1.88.